The smallest absolute Gasteiger partial charge is 0.290 e. The second-order valence-electron chi connectivity index (χ2n) is 7.87. The van der Waals surface area contributed by atoms with Gasteiger partial charge in [0, 0.05) is 25.2 Å². The second-order valence-corrected chi connectivity index (χ2v) is 7.87. The summed E-state index contributed by atoms with van der Waals surface area (Å²) in [6.45, 7) is 1.36. The highest BCUT2D eigenvalue weighted by Gasteiger charge is 2.28. The van der Waals surface area contributed by atoms with Gasteiger partial charge in [0.1, 0.15) is 5.82 Å². The van der Waals surface area contributed by atoms with Gasteiger partial charge >= 0.3 is 0 Å². The number of carbonyl (C=O) groups excluding carboxylic acids is 1. The third kappa shape index (κ3) is 4.75. The lowest BCUT2D eigenvalue weighted by Gasteiger charge is -2.32. The fraction of sp³-hybridized carbons (Fsp3) is 0.269. The maximum Gasteiger partial charge on any atom is 0.290 e. The average molecular weight is 432 g/mol. The van der Waals surface area contributed by atoms with Crippen molar-refractivity contribution in [1.82, 2.24) is 4.90 Å². The zero-order chi connectivity index (χ0) is 22.5. The van der Waals surface area contributed by atoms with Gasteiger partial charge in [0.2, 0.25) is 0 Å². The molecule has 164 valence electrons. The van der Waals surface area contributed by atoms with Gasteiger partial charge in [0.25, 0.3) is 5.91 Å². The molecule has 1 amide bonds. The van der Waals surface area contributed by atoms with Crippen LogP contribution in [0.15, 0.2) is 59.0 Å². The van der Waals surface area contributed by atoms with E-state index >= 15 is 0 Å². The van der Waals surface area contributed by atoms with Crippen molar-refractivity contribution < 1.29 is 18.7 Å². The lowest BCUT2D eigenvalue weighted by Crippen LogP contribution is -2.38. The first-order valence-electron chi connectivity index (χ1n) is 10.7. The quantitative estimate of drug-likeness (QED) is 0.615. The van der Waals surface area contributed by atoms with Gasteiger partial charge in [-0.25, -0.2) is 4.39 Å². The average Bonchev–Trinajstić information content (AvgIpc) is 3.26. The molecule has 0 atom stereocenters. The van der Waals surface area contributed by atoms with E-state index in [0.717, 1.165) is 18.4 Å². The van der Waals surface area contributed by atoms with Crippen molar-refractivity contribution in [2.45, 2.75) is 31.9 Å². The minimum atomic E-state index is -0.426. The van der Waals surface area contributed by atoms with Crippen molar-refractivity contribution in [3.63, 3.8) is 0 Å². The number of halogens is 1. The Morgan fingerprint density at radius 3 is 2.62 bits per heavy atom. The van der Waals surface area contributed by atoms with Crippen LogP contribution >= 0.6 is 0 Å². The molecule has 32 heavy (non-hydrogen) atoms. The number of likely N-dealkylation sites (tertiary alicyclic amines) is 1. The molecule has 0 saturated carbocycles. The maximum absolute atomic E-state index is 13.8. The molecule has 1 fully saturated rings. The van der Waals surface area contributed by atoms with Gasteiger partial charge in [-0.3, -0.25) is 4.79 Å². The van der Waals surface area contributed by atoms with Crippen LogP contribution < -0.4 is 5.73 Å². The van der Waals surface area contributed by atoms with Crippen molar-refractivity contribution in [2.75, 3.05) is 13.1 Å². The summed E-state index contributed by atoms with van der Waals surface area (Å²) in [7, 11) is 0. The Morgan fingerprint density at radius 2 is 1.91 bits per heavy atom. The highest BCUT2D eigenvalue weighted by Crippen LogP contribution is 2.30. The van der Waals surface area contributed by atoms with Gasteiger partial charge in [-0.2, -0.15) is 0 Å². The Balaban J connectivity index is 1.46. The van der Waals surface area contributed by atoms with Crippen LogP contribution in [0.2, 0.25) is 0 Å². The van der Waals surface area contributed by atoms with E-state index in [9.17, 15) is 14.3 Å². The minimum Gasteiger partial charge on any atom is -0.442 e. The molecule has 1 aliphatic rings. The number of carbonyl (C=O) groups is 1. The van der Waals surface area contributed by atoms with E-state index in [2.05, 4.69) is 24.0 Å². The molecule has 4 rings (SSSR count). The summed E-state index contributed by atoms with van der Waals surface area (Å²) in [6, 6.07) is 16.0. The molecule has 2 heterocycles. The van der Waals surface area contributed by atoms with Crippen LogP contribution in [0.3, 0.4) is 0 Å². The zero-order valence-electron chi connectivity index (χ0n) is 17.7. The summed E-state index contributed by atoms with van der Waals surface area (Å²) in [5.41, 5.74) is 8.73. The molecule has 2 aromatic carbocycles. The van der Waals surface area contributed by atoms with Gasteiger partial charge in [0.15, 0.2) is 11.5 Å². The zero-order valence-corrected chi connectivity index (χ0v) is 17.7. The van der Waals surface area contributed by atoms with Crippen molar-refractivity contribution in [3.05, 3.63) is 94.2 Å². The summed E-state index contributed by atoms with van der Waals surface area (Å²) in [5.74, 6) is 5.45. The molecular weight excluding hydrogens is 407 g/mol. The monoisotopic (exact) mass is 432 g/mol. The molecule has 0 spiro atoms. The summed E-state index contributed by atoms with van der Waals surface area (Å²) in [4.78, 5) is 14.8. The molecule has 0 unspecified atom stereocenters. The molecule has 1 aliphatic heterocycles. The molecule has 5 nitrogen and oxygen atoms in total. The van der Waals surface area contributed by atoms with Crippen molar-refractivity contribution in [3.8, 4) is 11.8 Å². The molecule has 0 bridgehead atoms. The number of nitrogens with zero attached hydrogens (tertiary/aromatic N) is 1. The first-order chi connectivity index (χ1) is 15.6. The van der Waals surface area contributed by atoms with E-state index in [1.807, 2.05) is 12.1 Å². The molecule has 0 aliphatic carbocycles. The van der Waals surface area contributed by atoms with E-state index in [1.165, 1.54) is 17.7 Å². The highest BCUT2D eigenvalue weighted by molar-refractivity contribution is 5.93. The molecule has 1 aromatic heterocycles. The van der Waals surface area contributed by atoms with Gasteiger partial charge < -0.3 is 20.2 Å². The van der Waals surface area contributed by atoms with Gasteiger partial charge in [-0.05, 0) is 54.0 Å². The van der Waals surface area contributed by atoms with Crippen LogP contribution in [0.25, 0.3) is 0 Å². The van der Waals surface area contributed by atoms with E-state index in [4.69, 9.17) is 10.2 Å². The Kier molecular flexibility index (Phi) is 6.69. The standard InChI is InChI=1S/C26H25FN2O3/c27-24-7-2-1-5-20(24)8-9-23-15-22(17-30)25(32-23)26(31)29-12-10-19(11-13-29)21-6-3-4-18(14-21)16-28/h1-7,14-15,19,30H,10-13,16-17,28H2. The first-order valence-corrected chi connectivity index (χ1v) is 10.7. The fourth-order valence-electron chi connectivity index (χ4n) is 4.01. The Hall–Kier alpha value is -3.40. The number of hydrogen-bond acceptors (Lipinski definition) is 4. The van der Waals surface area contributed by atoms with Crippen LogP contribution in [-0.2, 0) is 13.2 Å². The Labute approximate surface area is 186 Å². The van der Waals surface area contributed by atoms with Crippen molar-refractivity contribution >= 4 is 5.91 Å². The van der Waals surface area contributed by atoms with E-state index in [-0.39, 0.29) is 29.6 Å². The number of furan rings is 1. The topological polar surface area (TPSA) is 79.7 Å². The number of piperidine rings is 1. The van der Waals surface area contributed by atoms with Crippen LogP contribution in [-0.4, -0.2) is 29.0 Å². The molecule has 1 saturated heterocycles. The molecule has 3 aromatic rings. The Morgan fingerprint density at radius 1 is 1.12 bits per heavy atom. The second kappa shape index (κ2) is 9.82. The number of hydrogen-bond donors (Lipinski definition) is 2. The SMILES string of the molecule is NCc1cccc(C2CCN(C(=O)c3oc(C#Cc4ccccc4F)cc3CO)CC2)c1. The predicted molar refractivity (Wildman–Crippen MR) is 119 cm³/mol. The van der Waals surface area contributed by atoms with Crippen LogP contribution in [0.4, 0.5) is 4.39 Å². The number of rotatable bonds is 4. The van der Waals surface area contributed by atoms with E-state index < -0.39 is 5.82 Å². The Bertz CT molecular complexity index is 1170. The van der Waals surface area contributed by atoms with Crippen molar-refractivity contribution in [1.29, 1.82) is 0 Å². The summed E-state index contributed by atoms with van der Waals surface area (Å²) >= 11 is 0. The summed E-state index contributed by atoms with van der Waals surface area (Å²) in [6.07, 6.45) is 1.68. The van der Waals surface area contributed by atoms with Crippen LogP contribution in [0, 0.1) is 17.7 Å². The molecule has 6 heteroatoms. The van der Waals surface area contributed by atoms with E-state index in [0.29, 0.717) is 31.1 Å². The number of aliphatic hydroxyl groups is 1. The normalized spacial score (nSPS) is 14.2. The lowest BCUT2D eigenvalue weighted by molar-refractivity contribution is 0.0676. The predicted octanol–water partition coefficient (Wildman–Crippen LogP) is 3.79. The van der Waals surface area contributed by atoms with Gasteiger partial charge in [-0.1, -0.05) is 42.3 Å². The van der Waals surface area contributed by atoms with Crippen LogP contribution in [0.1, 0.15) is 57.3 Å². The molecule has 3 N–H and O–H groups in total. The first kappa shape index (κ1) is 21.8. The third-order valence-electron chi connectivity index (χ3n) is 5.81. The number of aliphatic hydroxyl groups excluding tert-OH is 1. The maximum atomic E-state index is 13.8. The number of nitrogens with two attached hydrogens (primary N) is 1. The van der Waals surface area contributed by atoms with Gasteiger partial charge in [-0.15, -0.1) is 0 Å². The van der Waals surface area contributed by atoms with E-state index in [1.54, 1.807) is 23.1 Å². The van der Waals surface area contributed by atoms with Gasteiger partial charge in [0.05, 0.1) is 12.2 Å². The third-order valence-corrected chi connectivity index (χ3v) is 5.81. The minimum absolute atomic E-state index is 0.0916. The lowest BCUT2D eigenvalue weighted by atomic mass is 9.88. The molecular formula is C26H25FN2O3. The van der Waals surface area contributed by atoms with Crippen molar-refractivity contribution in [2.24, 2.45) is 5.73 Å². The number of benzene rings is 2. The summed E-state index contributed by atoms with van der Waals surface area (Å²) in [5, 5.41) is 9.70. The van der Waals surface area contributed by atoms with Crippen LogP contribution in [0.5, 0.6) is 0 Å². The number of amides is 1. The largest absolute Gasteiger partial charge is 0.442 e. The highest BCUT2D eigenvalue weighted by atomic mass is 19.1. The summed E-state index contributed by atoms with van der Waals surface area (Å²) < 4.78 is 19.4. The molecule has 0 radical (unpaired) electrons. The fourth-order valence-corrected chi connectivity index (χ4v) is 4.01.